The largest absolute Gasteiger partial charge is 0.496 e. The molecule has 0 aromatic heterocycles. The van der Waals surface area contributed by atoms with E-state index in [0.29, 0.717) is 30.8 Å². The zero-order valence-corrected chi connectivity index (χ0v) is 16.2. The third-order valence-corrected chi connectivity index (χ3v) is 4.90. The molecule has 0 saturated carbocycles. The average molecular weight is 384 g/mol. The van der Waals surface area contributed by atoms with E-state index >= 15 is 0 Å². The van der Waals surface area contributed by atoms with Crippen molar-refractivity contribution in [3.63, 3.8) is 0 Å². The number of methoxy groups -OCH3 is 1. The lowest BCUT2D eigenvalue weighted by atomic mass is 10.1. The first-order valence-corrected chi connectivity index (χ1v) is 9.38. The molecule has 1 fully saturated rings. The summed E-state index contributed by atoms with van der Waals surface area (Å²) in [6.07, 6.45) is 0.476. The summed E-state index contributed by atoms with van der Waals surface area (Å²) < 4.78 is 19.0. The van der Waals surface area contributed by atoms with E-state index in [2.05, 4.69) is 0 Å². The minimum absolute atomic E-state index is 0.00356. The molecule has 2 aromatic rings. The lowest BCUT2D eigenvalue weighted by Gasteiger charge is -2.26. The van der Waals surface area contributed by atoms with Gasteiger partial charge in [0.1, 0.15) is 11.6 Å². The van der Waals surface area contributed by atoms with Crippen LogP contribution in [0.5, 0.6) is 5.75 Å². The summed E-state index contributed by atoms with van der Waals surface area (Å²) in [7, 11) is 1.59. The van der Waals surface area contributed by atoms with Crippen LogP contribution in [-0.4, -0.2) is 41.8 Å². The third kappa shape index (κ3) is 4.88. The number of ether oxygens (including phenoxy) is 1. The van der Waals surface area contributed by atoms with E-state index in [1.165, 1.54) is 12.1 Å². The van der Waals surface area contributed by atoms with Crippen molar-refractivity contribution in [1.82, 2.24) is 9.80 Å². The van der Waals surface area contributed by atoms with Gasteiger partial charge in [0, 0.05) is 31.6 Å². The predicted octanol–water partition coefficient (Wildman–Crippen LogP) is 3.23. The van der Waals surface area contributed by atoms with Crippen LogP contribution in [0.3, 0.4) is 0 Å². The van der Waals surface area contributed by atoms with Gasteiger partial charge >= 0.3 is 0 Å². The molecule has 0 radical (unpaired) electrons. The van der Waals surface area contributed by atoms with Crippen molar-refractivity contribution < 1.29 is 18.7 Å². The summed E-state index contributed by atoms with van der Waals surface area (Å²) >= 11 is 0. The highest BCUT2D eigenvalue weighted by molar-refractivity contribution is 5.86. The molecule has 6 heteroatoms. The van der Waals surface area contributed by atoms with Crippen LogP contribution in [0.15, 0.2) is 48.5 Å². The Labute approximate surface area is 164 Å². The molecule has 28 heavy (non-hydrogen) atoms. The van der Waals surface area contributed by atoms with Crippen LogP contribution >= 0.6 is 0 Å². The molecule has 1 atom stereocenters. The van der Waals surface area contributed by atoms with Gasteiger partial charge in [0.15, 0.2) is 0 Å². The molecule has 1 unspecified atom stereocenters. The van der Waals surface area contributed by atoms with Crippen molar-refractivity contribution >= 4 is 11.8 Å². The summed E-state index contributed by atoms with van der Waals surface area (Å²) in [4.78, 5) is 28.4. The topological polar surface area (TPSA) is 49.9 Å². The predicted molar refractivity (Wildman–Crippen MR) is 104 cm³/mol. The third-order valence-electron chi connectivity index (χ3n) is 4.90. The number of carbonyl (C=O) groups excluding carboxylic acids is 2. The Morgan fingerprint density at radius 3 is 2.68 bits per heavy atom. The van der Waals surface area contributed by atoms with Gasteiger partial charge in [0.05, 0.1) is 13.7 Å². The van der Waals surface area contributed by atoms with Crippen molar-refractivity contribution in [3.8, 4) is 5.75 Å². The van der Waals surface area contributed by atoms with Gasteiger partial charge in [-0.1, -0.05) is 37.3 Å². The minimum Gasteiger partial charge on any atom is -0.496 e. The van der Waals surface area contributed by atoms with Gasteiger partial charge in [0.2, 0.25) is 11.8 Å². The van der Waals surface area contributed by atoms with Gasteiger partial charge in [-0.2, -0.15) is 0 Å². The summed E-state index contributed by atoms with van der Waals surface area (Å²) in [6.45, 7) is 3.20. The normalized spacial score (nSPS) is 16.3. The Morgan fingerprint density at radius 1 is 1.21 bits per heavy atom. The van der Waals surface area contributed by atoms with Gasteiger partial charge in [-0.05, 0) is 29.7 Å². The van der Waals surface area contributed by atoms with Crippen molar-refractivity contribution in [1.29, 1.82) is 0 Å². The van der Waals surface area contributed by atoms with E-state index in [1.54, 1.807) is 29.0 Å². The SMILES string of the molecule is COc1ccccc1CN(Cc1cccc(F)c1)C(=O)CN1CC(C)CC1=O. The van der Waals surface area contributed by atoms with Crippen LogP contribution < -0.4 is 4.74 Å². The smallest absolute Gasteiger partial charge is 0.242 e. The Morgan fingerprint density at radius 2 is 2.00 bits per heavy atom. The number of para-hydroxylation sites is 1. The quantitative estimate of drug-likeness (QED) is 0.736. The molecule has 2 aromatic carbocycles. The molecule has 2 amide bonds. The number of benzene rings is 2. The van der Waals surface area contributed by atoms with Crippen molar-refractivity contribution in [2.24, 2.45) is 5.92 Å². The molecule has 0 aliphatic carbocycles. The van der Waals surface area contributed by atoms with Gasteiger partial charge in [-0.15, -0.1) is 0 Å². The first-order chi connectivity index (χ1) is 13.5. The second-order valence-corrected chi connectivity index (χ2v) is 7.28. The molecule has 148 valence electrons. The van der Waals surface area contributed by atoms with Crippen LogP contribution in [0.1, 0.15) is 24.5 Å². The maximum Gasteiger partial charge on any atom is 0.242 e. The molecule has 1 aliphatic heterocycles. The number of rotatable bonds is 7. The Balaban J connectivity index is 1.81. The van der Waals surface area contributed by atoms with Gasteiger partial charge in [-0.3, -0.25) is 9.59 Å². The fourth-order valence-electron chi connectivity index (χ4n) is 3.51. The number of hydrogen-bond acceptors (Lipinski definition) is 3. The molecule has 1 aliphatic rings. The van der Waals surface area contributed by atoms with Crippen molar-refractivity contribution in [3.05, 3.63) is 65.5 Å². The van der Waals surface area contributed by atoms with Gasteiger partial charge in [-0.25, -0.2) is 4.39 Å². The highest BCUT2D eigenvalue weighted by Crippen LogP contribution is 2.22. The van der Waals surface area contributed by atoms with E-state index in [0.717, 1.165) is 5.56 Å². The summed E-state index contributed by atoms with van der Waals surface area (Å²) in [6, 6.07) is 13.7. The molecule has 1 heterocycles. The zero-order chi connectivity index (χ0) is 20.1. The van der Waals surface area contributed by atoms with Gasteiger partial charge < -0.3 is 14.5 Å². The molecule has 3 rings (SSSR count). The fraction of sp³-hybridized carbons (Fsp3) is 0.364. The van der Waals surface area contributed by atoms with E-state index < -0.39 is 0 Å². The Kier molecular flexibility index (Phi) is 6.29. The lowest BCUT2D eigenvalue weighted by Crippen LogP contribution is -2.40. The zero-order valence-electron chi connectivity index (χ0n) is 16.2. The highest BCUT2D eigenvalue weighted by atomic mass is 19.1. The van der Waals surface area contributed by atoms with E-state index in [1.807, 2.05) is 31.2 Å². The molecular formula is C22H25FN2O3. The average Bonchev–Trinajstić information content (AvgIpc) is 2.98. The standard InChI is InChI=1S/C22H25FN2O3/c1-16-10-21(26)24(12-16)15-22(27)25(13-17-6-5-8-19(23)11-17)14-18-7-3-4-9-20(18)28-2/h3-9,11,16H,10,12-15H2,1-2H3. The monoisotopic (exact) mass is 384 g/mol. The van der Waals surface area contributed by atoms with Crippen LogP contribution in [0.25, 0.3) is 0 Å². The second-order valence-electron chi connectivity index (χ2n) is 7.28. The number of nitrogens with zero attached hydrogens (tertiary/aromatic N) is 2. The fourth-order valence-corrected chi connectivity index (χ4v) is 3.51. The Hall–Kier alpha value is -2.89. The summed E-state index contributed by atoms with van der Waals surface area (Å²) in [5.74, 6) is 0.434. The summed E-state index contributed by atoms with van der Waals surface area (Å²) in [5.41, 5.74) is 1.56. The lowest BCUT2D eigenvalue weighted by molar-refractivity contribution is -0.139. The van der Waals surface area contributed by atoms with E-state index in [9.17, 15) is 14.0 Å². The van der Waals surface area contributed by atoms with Crippen LogP contribution in [-0.2, 0) is 22.7 Å². The van der Waals surface area contributed by atoms with E-state index in [4.69, 9.17) is 4.74 Å². The Bertz CT molecular complexity index is 855. The molecule has 0 N–H and O–H groups in total. The first kappa shape index (κ1) is 19.9. The number of hydrogen-bond donors (Lipinski definition) is 0. The maximum absolute atomic E-state index is 13.6. The second kappa shape index (κ2) is 8.87. The van der Waals surface area contributed by atoms with Crippen LogP contribution in [0.2, 0.25) is 0 Å². The molecular weight excluding hydrogens is 359 g/mol. The molecule has 0 bridgehead atoms. The molecule has 1 saturated heterocycles. The van der Waals surface area contributed by atoms with Crippen molar-refractivity contribution in [2.75, 3.05) is 20.2 Å². The number of carbonyl (C=O) groups is 2. The van der Waals surface area contributed by atoms with Crippen LogP contribution in [0.4, 0.5) is 4.39 Å². The van der Waals surface area contributed by atoms with Crippen molar-refractivity contribution in [2.45, 2.75) is 26.4 Å². The molecule has 5 nitrogen and oxygen atoms in total. The number of amides is 2. The minimum atomic E-state index is -0.342. The molecule has 0 spiro atoms. The number of likely N-dealkylation sites (tertiary alicyclic amines) is 1. The first-order valence-electron chi connectivity index (χ1n) is 9.38. The maximum atomic E-state index is 13.6. The highest BCUT2D eigenvalue weighted by Gasteiger charge is 2.29. The van der Waals surface area contributed by atoms with E-state index in [-0.39, 0.29) is 36.6 Å². The summed E-state index contributed by atoms with van der Waals surface area (Å²) in [5, 5.41) is 0. The number of halogens is 1. The van der Waals surface area contributed by atoms with Crippen LogP contribution in [0, 0.1) is 11.7 Å². The van der Waals surface area contributed by atoms with Gasteiger partial charge in [0.25, 0.3) is 0 Å².